The molecule has 0 radical (unpaired) electrons. The van der Waals surface area contributed by atoms with Crippen LogP contribution in [0.1, 0.15) is 16.7 Å². The number of benzene rings is 2. The zero-order chi connectivity index (χ0) is 16.2. The molecule has 0 amide bonds. The molecule has 0 aromatic heterocycles. The van der Waals surface area contributed by atoms with Crippen LogP contribution in [0, 0.1) is 13.8 Å². The molecule has 0 spiro atoms. The zero-order valence-corrected chi connectivity index (χ0v) is 13.9. The van der Waals surface area contributed by atoms with Crippen molar-refractivity contribution in [1.82, 2.24) is 4.72 Å². The van der Waals surface area contributed by atoms with Gasteiger partial charge in [-0.15, -0.1) is 0 Å². The normalized spacial score (nSPS) is 11.4. The minimum Gasteiger partial charge on any atom is -0.496 e. The summed E-state index contributed by atoms with van der Waals surface area (Å²) in [6.07, 6.45) is 0.661. The van der Waals surface area contributed by atoms with Crippen LogP contribution in [0.4, 0.5) is 0 Å². The van der Waals surface area contributed by atoms with Crippen molar-refractivity contribution in [2.24, 2.45) is 0 Å². The minimum absolute atomic E-state index is 0.305. The van der Waals surface area contributed by atoms with E-state index in [1.165, 1.54) is 0 Å². The van der Waals surface area contributed by atoms with Crippen molar-refractivity contribution in [3.63, 3.8) is 0 Å². The van der Waals surface area contributed by atoms with Gasteiger partial charge in [0.2, 0.25) is 10.0 Å². The van der Waals surface area contributed by atoms with Crippen molar-refractivity contribution in [3.8, 4) is 5.75 Å². The van der Waals surface area contributed by atoms with Crippen molar-refractivity contribution in [3.05, 3.63) is 59.2 Å². The SMILES string of the molecule is COc1cc(C)c(S(=O)(=O)NCCc2ccccc2)cc1C. The van der Waals surface area contributed by atoms with Gasteiger partial charge in [-0.1, -0.05) is 30.3 Å². The Hall–Kier alpha value is -1.85. The lowest BCUT2D eigenvalue weighted by Gasteiger charge is -2.13. The summed E-state index contributed by atoms with van der Waals surface area (Å²) in [4.78, 5) is 0.305. The van der Waals surface area contributed by atoms with E-state index < -0.39 is 10.0 Å². The summed E-state index contributed by atoms with van der Waals surface area (Å²) in [5, 5.41) is 0. The van der Waals surface area contributed by atoms with Crippen LogP contribution >= 0.6 is 0 Å². The molecule has 0 unspecified atom stereocenters. The molecule has 5 heteroatoms. The van der Waals surface area contributed by atoms with Gasteiger partial charge in [-0.05, 0) is 49.1 Å². The third-order valence-electron chi connectivity index (χ3n) is 3.53. The van der Waals surface area contributed by atoms with E-state index in [0.717, 1.165) is 11.1 Å². The molecule has 2 rings (SSSR count). The molecule has 0 heterocycles. The fourth-order valence-corrected chi connectivity index (χ4v) is 3.67. The molecule has 0 atom stereocenters. The van der Waals surface area contributed by atoms with E-state index in [0.29, 0.717) is 29.2 Å². The maximum atomic E-state index is 12.4. The molecule has 0 bridgehead atoms. The monoisotopic (exact) mass is 319 g/mol. The average Bonchev–Trinajstić information content (AvgIpc) is 2.50. The van der Waals surface area contributed by atoms with Crippen molar-refractivity contribution >= 4 is 10.0 Å². The number of sulfonamides is 1. The van der Waals surface area contributed by atoms with Crippen LogP contribution in [0.15, 0.2) is 47.4 Å². The van der Waals surface area contributed by atoms with Gasteiger partial charge < -0.3 is 4.74 Å². The largest absolute Gasteiger partial charge is 0.496 e. The van der Waals surface area contributed by atoms with Crippen LogP contribution in [0.5, 0.6) is 5.75 Å². The molecule has 4 nitrogen and oxygen atoms in total. The van der Waals surface area contributed by atoms with E-state index in [2.05, 4.69) is 4.72 Å². The van der Waals surface area contributed by atoms with Crippen LogP contribution in [0.25, 0.3) is 0 Å². The number of ether oxygens (including phenoxy) is 1. The first-order chi connectivity index (χ1) is 10.4. The Labute approximate surface area is 132 Å². The Morgan fingerprint density at radius 3 is 2.36 bits per heavy atom. The number of methoxy groups -OCH3 is 1. The summed E-state index contributed by atoms with van der Waals surface area (Å²) in [5.41, 5.74) is 2.58. The van der Waals surface area contributed by atoms with Crippen LogP contribution in [0.3, 0.4) is 0 Å². The van der Waals surface area contributed by atoms with E-state index in [1.54, 1.807) is 26.2 Å². The maximum Gasteiger partial charge on any atom is 0.240 e. The molecule has 118 valence electrons. The highest BCUT2D eigenvalue weighted by atomic mass is 32.2. The van der Waals surface area contributed by atoms with Gasteiger partial charge in [0, 0.05) is 6.54 Å². The molecular formula is C17H21NO3S. The molecule has 0 aliphatic carbocycles. The lowest BCUT2D eigenvalue weighted by Crippen LogP contribution is -2.26. The predicted octanol–water partition coefficient (Wildman–Crippen LogP) is 2.83. The van der Waals surface area contributed by atoms with Gasteiger partial charge >= 0.3 is 0 Å². The van der Waals surface area contributed by atoms with Crippen molar-refractivity contribution in [2.45, 2.75) is 25.2 Å². The average molecular weight is 319 g/mol. The summed E-state index contributed by atoms with van der Waals surface area (Å²) in [6, 6.07) is 13.2. The maximum absolute atomic E-state index is 12.4. The Morgan fingerprint density at radius 1 is 1.05 bits per heavy atom. The van der Waals surface area contributed by atoms with E-state index in [4.69, 9.17) is 4.74 Å². The summed E-state index contributed by atoms with van der Waals surface area (Å²) in [7, 11) is -1.94. The Morgan fingerprint density at radius 2 is 1.73 bits per heavy atom. The second kappa shape index (κ2) is 6.94. The highest BCUT2D eigenvalue weighted by Crippen LogP contribution is 2.25. The Balaban J connectivity index is 2.12. The first kappa shape index (κ1) is 16.5. The van der Waals surface area contributed by atoms with Gasteiger partial charge in [-0.25, -0.2) is 13.1 Å². The van der Waals surface area contributed by atoms with E-state index in [9.17, 15) is 8.42 Å². The van der Waals surface area contributed by atoms with Gasteiger partial charge in [0.25, 0.3) is 0 Å². The minimum atomic E-state index is -3.51. The van der Waals surface area contributed by atoms with Crippen LogP contribution in [-0.4, -0.2) is 22.1 Å². The summed E-state index contributed by atoms with van der Waals surface area (Å²) in [6.45, 7) is 3.98. The fraction of sp³-hybridized carbons (Fsp3) is 0.294. The molecule has 22 heavy (non-hydrogen) atoms. The van der Waals surface area contributed by atoms with Gasteiger partial charge in [0.1, 0.15) is 5.75 Å². The third kappa shape index (κ3) is 3.87. The van der Waals surface area contributed by atoms with Gasteiger partial charge in [-0.3, -0.25) is 0 Å². The lowest BCUT2D eigenvalue weighted by molar-refractivity contribution is 0.411. The lowest BCUT2D eigenvalue weighted by atomic mass is 10.1. The second-order valence-corrected chi connectivity index (χ2v) is 6.96. The first-order valence-corrected chi connectivity index (χ1v) is 8.61. The molecule has 0 aliphatic rings. The fourth-order valence-electron chi connectivity index (χ4n) is 2.32. The molecule has 0 aliphatic heterocycles. The standard InChI is InChI=1S/C17H21NO3S/c1-13-12-17(14(2)11-16(13)21-3)22(19,20)18-10-9-15-7-5-4-6-8-15/h4-8,11-12,18H,9-10H2,1-3H3. The molecule has 2 aromatic carbocycles. The quantitative estimate of drug-likeness (QED) is 0.891. The van der Waals surface area contributed by atoms with Crippen LogP contribution in [0.2, 0.25) is 0 Å². The predicted molar refractivity (Wildman–Crippen MR) is 87.8 cm³/mol. The Bertz CT molecular complexity index is 740. The Kier molecular flexibility index (Phi) is 5.21. The molecule has 0 saturated heterocycles. The first-order valence-electron chi connectivity index (χ1n) is 7.13. The van der Waals surface area contributed by atoms with Gasteiger partial charge in [-0.2, -0.15) is 0 Å². The smallest absolute Gasteiger partial charge is 0.240 e. The molecule has 0 saturated carbocycles. The molecule has 1 N–H and O–H groups in total. The van der Waals surface area contributed by atoms with Crippen LogP contribution in [-0.2, 0) is 16.4 Å². The van der Waals surface area contributed by atoms with Crippen molar-refractivity contribution < 1.29 is 13.2 Å². The number of rotatable bonds is 6. The number of aryl methyl sites for hydroxylation is 2. The van der Waals surface area contributed by atoms with E-state index >= 15 is 0 Å². The van der Waals surface area contributed by atoms with Crippen molar-refractivity contribution in [1.29, 1.82) is 0 Å². The molecule has 2 aromatic rings. The van der Waals surface area contributed by atoms with Crippen LogP contribution < -0.4 is 9.46 Å². The van der Waals surface area contributed by atoms with E-state index in [1.807, 2.05) is 37.3 Å². The van der Waals surface area contributed by atoms with Gasteiger partial charge in [0.15, 0.2) is 0 Å². The number of hydrogen-bond acceptors (Lipinski definition) is 3. The molecular weight excluding hydrogens is 298 g/mol. The highest BCUT2D eigenvalue weighted by Gasteiger charge is 2.18. The number of nitrogens with one attached hydrogen (secondary N) is 1. The van der Waals surface area contributed by atoms with Gasteiger partial charge in [0.05, 0.1) is 12.0 Å². The summed E-state index contributed by atoms with van der Waals surface area (Å²) in [5.74, 6) is 0.695. The topological polar surface area (TPSA) is 55.4 Å². The van der Waals surface area contributed by atoms with E-state index in [-0.39, 0.29) is 0 Å². The van der Waals surface area contributed by atoms with Crippen molar-refractivity contribution in [2.75, 3.05) is 13.7 Å². The zero-order valence-electron chi connectivity index (χ0n) is 13.1. The second-order valence-electron chi connectivity index (χ2n) is 5.22. The summed E-state index contributed by atoms with van der Waals surface area (Å²) >= 11 is 0. The third-order valence-corrected chi connectivity index (χ3v) is 5.13. The summed E-state index contributed by atoms with van der Waals surface area (Å²) < 4.78 is 32.8. The highest BCUT2D eigenvalue weighted by molar-refractivity contribution is 7.89. The molecule has 0 fully saturated rings. The number of hydrogen-bond donors (Lipinski definition) is 1.